The van der Waals surface area contributed by atoms with Crippen LogP contribution in [0, 0.1) is 13.8 Å². The summed E-state index contributed by atoms with van der Waals surface area (Å²) in [6.07, 6.45) is 0.680. The van der Waals surface area contributed by atoms with Crippen molar-refractivity contribution in [3.8, 4) is 11.4 Å². The summed E-state index contributed by atoms with van der Waals surface area (Å²) < 4.78 is 5.37. The number of carbonyl (C=O) groups excluding carboxylic acids is 1. The molecule has 0 bridgehead atoms. The largest absolute Gasteiger partial charge is 0.339 e. The molecule has 1 heterocycles. The van der Waals surface area contributed by atoms with Crippen LogP contribution in [0.25, 0.3) is 22.2 Å². The maximum Gasteiger partial charge on any atom is 0.227 e. The second kappa shape index (κ2) is 7.64. The van der Waals surface area contributed by atoms with E-state index in [-0.39, 0.29) is 12.3 Å². The van der Waals surface area contributed by atoms with Gasteiger partial charge in [-0.25, -0.2) is 0 Å². The number of carbonyl (C=O) groups is 1. The molecule has 0 aliphatic rings. The van der Waals surface area contributed by atoms with Gasteiger partial charge in [0, 0.05) is 24.1 Å². The van der Waals surface area contributed by atoms with Crippen LogP contribution in [0.5, 0.6) is 0 Å². The maximum absolute atomic E-state index is 12.3. The lowest BCUT2D eigenvalue weighted by Crippen LogP contribution is -2.13. The van der Waals surface area contributed by atoms with Gasteiger partial charge in [0.25, 0.3) is 0 Å². The molecule has 0 spiro atoms. The number of nitrogens with zero attached hydrogens (tertiary/aromatic N) is 2. The van der Waals surface area contributed by atoms with Crippen LogP contribution in [0.2, 0.25) is 0 Å². The molecule has 5 nitrogen and oxygen atoms in total. The Labute approximate surface area is 163 Å². The Morgan fingerprint density at radius 2 is 1.86 bits per heavy atom. The second-order valence-electron chi connectivity index (χ2n) is 6.90. The van der Waals surface area contributed by atoms with E-state index in [4.69, 9.17) is 4.52 Å². The van der Waals surface area contributed by atoms with Crippen molar-refractivity contribution >= 4 is 22.4 Å². The number of nitrogens with one attached hydrogen (secondary N) is 1. The van der Waals surface area contributed by atoms with Crippen LogP contribution in [0.3, 0.4) is 0 Å². The van der Waals surface area contributed by atoms with E-state index in [0.717, 1.165) is 33.2 Å². The smallest absolute Gasteiger partial charge is 0.227 e. The molecule has 4 rings (SSSR count). The van der Waals surface area contributed by atoms with Crippen LogP contribution in [0.4, 0.5) is 5.69 Å². The molecule has 0 radical (unpaired) electrons. The molecule has 3 aromatic carbocycles. The number of anilines is 1. The lowest BCUT2D eigenvalue weighted by atomic mass is 10.0. The summed E-state index contributed by atoms with van der Waals surface area (Å²) in [6, 6.07) is 20.1. The fourth-order valence-electron chi connectivity index (χ4n) is 3.19. The first-order chi connectivity index (χ1) is 13.6. The van der Waals surface area contributed by atoms with Crippen molar-refractivity contribution in [2.24, 2.45) is 0 Å². The molecule has 140 valence electrons. The maximum atomic E-state index is 12.3. The van der Waals surface area contributed by atoms with Gasteiger partial charge in [-0.05, 0) is 41.8 Å². The molecular formula is C23H21N3O2. The van der Waals surface area contributed by atoms with Crippen molar-refractivity contribution in [3.63, 3.8) is 0 Å². The molecule has 1 N–H and O–H groups in total. The first kappa shape index (κ1) is 17.9. The fraction of sp³-hybridized carbons (Fsp3) is 0.174. The molecule has 0 saturated heterocycles. The molecule has 28 heavy (non-hydrogen) atoms. The van der Waals surface area contributed by atoms with Crippen molar-refractivity contribution in [1.29, 1.82) is 0 Å². The lowest BCUT2D eigenvalue weighted by Gasteiger charge is -2.08. The average molecular weight is 371 g/mol. The van der Waals surface area contributed by atoms with E-state index >= 15 is 0 Å². The van der Waals surface area contributed by atoms with Gasteiger partial charge in [0.1, 0.15) is 0 Å². The molecular weight excluding hydrogens is 350 g/mol. The van der Waals surface area contributed by atoms with Crippen molar-refractivity contribution in [2.75, 3.05) is 5.32 Å². The number of aryl methyl sites for hydroxylation is 3. The number of aromatic nitrogens is 2. The number of benzene rings is 3. The predicted octanol–water partition coefficient (Wildman–Crippen LogP) is 5.08. The summed E-state index contributed by atoms with van der Waals surface area (Å²) in [7, 11) is 0. The van der Waals surface area contributed by atoms with E-state index in [9.17, 15) is 4.79 Å². The third-order valence-corrected chi connectivity index (χ3v) is 4.73. The Kier molecular flexibility index (Phi) is 4.89. The molecule has 0 atom stereocenters. The zero-order valence-electron chi connectivity index (χ0n) is 15.9. The van der Waals surface area contributed by atoms with Gasteiger partial charge < -0.3 is 9.84 Å². The lowest BCUT2D eigenvalue weighted by molar-refractivity contribution is -0.116. The van der Waals surface area contributed by atoms with Crippen LogP contribution >= 0.6 is 0 Å². The van der Waals surface area contributed by atoms with E-state index in [2.05, 4.69) is 27.6 Å². The van der Waals surface area contributed by atoms with Crippen LogP contribution < -0.4 is 5.32 Å². The Bertz CT molecular complexity index is 1140. The van der Waals surface area contributed by atoms with Gasteiger partial charge in [0.2, 0.25) is 17.6 Å². The van der Waals surface area contributed by atoms with Crippen LogP contribution in [0.15, 0.2) is 65.2 Å². The van der Waals surface area contributed by atoms with Gasteiger partial charge >= 0.3 is 0 Å². The highest BCUT2D eigenvalue weighted by Crippen LogP contribution is 2.26. The standard InChI is InChI=1S/C23H21N3O2/c1-15-10-11-16(2)20(14-15)24-21(27)12-13-22-25-23(26-28-22)19-9-5-7-17-6-3-4-8-18(17)19/h3-11,14H,12-13H2,1-2H3,(H,24,27). The summed E-state index contributed by atoms with van der Waals surface area (Å²) >= 11 is 0. The Morgan fingerprint density at radius 3 is 2.75 bits per heavy atom. The number of amides is 1. The minimum Gasteiger partial charge on any atom is -0.339 e. The van der Waals surface area contributed by atoms with Gasteiger partial charge in [-0.15, -0.1) is 0 Å². The SMILES string of the molecule is Cc1ccc(C)c(NC(=O)CCc2nc(-c3cccc4ccccc34)no2)c1. The third-order valence-electron chi connectivity index (χ3n) is 4.73. The number of hydrogen-bond donors (Lipinski definition) is 1. The van der Waals surface area contributed by atoms with E-state index < -0.39 is 0 Å². The van der Waals surface area contributed by atoms with Crippen LogP contribution in [0.1, 0.15) is 23.4 Å². The van der Waals surface area contributed by atoms with Gasteiger partial charge in [0.15, 0.2) is 0 Å². The summed E-state index contributed by atoms with van der Waals surface area (Å²) in [4.78, 5) is 16.8. The molecule has 1 amide bonds. The predicted molar refractivity (Wildman–Crippen MR) is 110 cm³/mol. The molecule has 5 heteroatoms. The minimum absolute atomic E-state index is 0.0707. The normalized spacial score (nSPS) is 10.9. The third kappa shape index (κ3) is 3.78. The van der Waals surface area contributed by atoms with Crippen molar-refractivity contribution < 1.29 is 9.32 Å². The first-order valence-corrected chi connectivity index (χ1v) is 9.28. The quantitative estimate of drug-likeness (QED) is 0.531. The minimum atomic E-state index is -0.0707. The Balaban J connectivity index is 1.45. The summed E-state index contributed by atoms with van der Waals surface area (Å²) in [6.45, 7) is 3.98. The number of hydrogen-bond acceptors (Lipinski definition) is 4. The zero-order chi connectivity index (χ0) is 19.5. The van der Waals surface area contributed by atoms with Gasteiger partial charge in [-0.2, -0.15) is 4.98 Å². The van der Waals surface area contributed by atoms with E-state index in [0.29, 0.717) is 18.1 Å². The Morgan fingerprint density at radius 1 is 1.04 bits per heavy atom. The molecule has 0 unspecified atom stereocenters. The van der Waals surface area contributed by atoms with Gasteiger partial charge in [-0.3, -0.25) is 4.79 Å². The zero-order valence-corrected chi connectivity index (χ0v) is 15.9. The van der Waals surface area contributed by atoms with Crippen LogP contribution in [-0.4, -0.2) is 16.0 Å². The molecule has 0 aliphatic heterocycles. The highest BCUT2D eigenvalue weighted by molar-refractivity contribution is 5.95. The highest BCUT2D eigenvalue weighted by atomic mass is 16.5. The first-order valence-electron chi connectivity index (χ1n) is 9.28. The van der Waals surface area contributed by atoms with Crippen molar-refractivity contribution in [2.45, 2.75) is 26.7 Å². The average Bonchev–Trinajstić information content (AvgIpc) is 3.18. The van der Waals surface area contributed by atoms with Crippen molar-refractivity contribution in [3.05, 3.63) is 77.7 Å². The van der Waals surface area contributed by atoms with E-state index in [1.54, 1.807) is 0 Å². The van der Waals surface area contributed by atoms with Gasteiger partial charge in [-0.1, -0.05) is 59.8 Å². The Hall–Kier alpha value is -3.47. The summed E-state index contributed by atoms with van der Waals surface area (Å²) in [5, 5.41) is 9.26. The molecule has 0 saturated carbocycles. The van der Waals surface area contributed by atoms with E-state index in [1.807, 2.05) is 62.4 Å². The monoisotopic (exact) mass is 371 g/mol. The van der Waals surface area contributed by atoms with Crippen LogP contribution in [-0.2, 0) is 11.2 Å². The highest BCUT2D eigenvalue weighted by Gasteiger charge is 2.13. The van der Waals surface area contributed by atoms with E-state index in [1.165, 1.54) is 0 Å². The topological polar surface area (TPSA) is 68.0 Å². The van der Waals surface area contributed by atoms with Gasteiger partial charge in [0.05, 0.1) is 0 Å². The molecule has 1 aromatic heterocycles. The number of fused-ring (bicyclic) bond motifs is 1. The summed E-state index contributed by atoms with van der Waals surface area (Å²) in [5.41, 5.74) is 3.91. The van der Waals surface area contributed by atoms with Crippen molar-refractivity contribution in [1.82, 2.24) is 10.1 Å². The molecule has 0 fully saturated rings. The number of rotatable bonds is 5. The molecule has 4 aromatic rings. The fourth-order valence-corrected chi connectivity index (χ4v) is 3.19. The molecule has 0 aliphatic carbocycles. The second-order valence-corrected chi connectivity index (χ2v) is 6.90. The summed E-state index contributed by atoms with van der Waals surface area (Å²) in [5.74, 6) is 0.930.